The first-order valence-electron chi connectivity index (χ1n) is 5.52. The number of rotatable bonds is 3. The topological polar surface area (TPSA) is 57.4 Å². The molecule has 18 heavy (non-hydrogen) atoms. The van der Waals surface area contributed by atoms with E-state index in [-0.39, 0.29) is 0 Å². The van der Waals surface area contributed by atoms with E-state index in [1.807, 2.05) is 5.38 Å². The molecule has 3 heterocycles. The number of hydrogen-bond donors (Lipinski definition) is 1. The molecule has 0 saturated carbocycles. The molecule has 0 spiro atoms. The molecule has 0 bridgehead atoms. The number of nitrogens with two attached hydrogens (primary N) is 1. The Morgan fingerprint density at radius 2 is 2.11 bits per heavy atom. The maximum absolute atomic E-state index is 5.70. The lowest BCUT2D eigenvalue weighted by Gasteiger charge is -2.15. The Bertz CT molecular complexity index is 567. The van der Waals surface area contributed by atoms with Crippen LogP contribution in [0.25, 0.3) is 9.88 Å². The van der Waals surface area contributed by atoms with Crippen molar-refractivity contribution in [2.75, 3.05) is 19.8 Å². The molecule has 4 nitrogen and oxygen atoms in total. The third-order valence-corrected chi connectivity index (χ3v) is 5.34. The summed E-state index contributed by atoms with van der Waals surface area (Å²) in [5, 5.41) is 3.02. The number of hydrogen-bond acceptors (Lipinski definition) is 6. The molecule has 0 amide bonds. The highest BCUT2D eigenvalue weighted by Crippen LogP contribution is 2.52. The molecule has 0 unspecified atom stereocenters. The summed E-state index contributed by atoms with van der Waals surface area (Å²) < 4.78 is 12.3. The molecule has 3 rings (SSSR count). The van der Waals surface area contributed by atoms with Crippen molar-refractivity contribution >= 4 is 38.6 Å². The molecule has 0 fully saturated rings. The quantitative estimate of drug-likeness (QED) is 0.928. The van der Waals surface area contributed by atoms with E-state index >= 15 is 0 Å². The summed E-state index contributed by atoms with van der Waals surface area (Å²) in [4.78, 5) is 5.62. The van der Waals surface area contributed by atoms with E-state index in [9.17, 15) is 0 Å². The van der Waals surface area contributed by atoms with E-state index in [1.165, 1.54) is 0 Å². The van der Waals surface area contributed by atoms with Crippen molar-refractivity contribution in [3.63, 3.8) is 0 Å². The van der Waals surface area contributed by atoms with Crippen LogP contribution in [0.4, 0.5) is 0 Å². The van der Waals surface area contributed by atoms with Crippen LogP contribution in [0.15, 0.2) is 9.17 Å². The van der Waals surface area contributed by atoms with Crippen molar-refractivity contribution in [2.24, 2.45) is 5.73 Å². The minimum absolute atomic E-state index is 0.588. The zero-order chi connectivity index (χ0) is 12.5. The summed E-state index contributed by atoms with van der Waals surface area (Å²) in [6.45, 7) is 1.80. The van der Waals surface area contributed by atoms with Crippen LogP contribution in [0.5, 0.6) is 11.5 Å². The monoisotopic (exact) mass is 346 g/mol. The van der Waals surface area contributed by atoms with Gasteiger partial charge in [-0.25, -0.2) is 4.98 Å². The number of halogens is 1. The average molecular weight is 347 g/mol. The summed E-state index contributed by atoms with van der Waals surface area (Å²) in [6, 6.07) is 0. The SMILES string of the molecule is NCCc1csc(-c2sc(Br)c3c2OCCO3)n1. The van der Waals surface area contributed by atoms with E-state index in [0.717, 1.165) is 37.3 Å². The number of thiophene rings is 1. The predicted octanol–water partition coefficient (Wildman–Crippen LogP) is 2.91. The molecule has 7 heteroatoms. The fourth-order valence-corrected chi connectivity index (χ4v) is 4.37. The number of thiazole rings is 1. The van der Waals surface area contributed by atoms with E-state index in [0.29, 0.717) is 19.8 Å². The van der Waals surface area contributed by atoms with E-state index in [4.69, 9.17) is 15.2 Å². The lowest BCUT2D eigenvalue weighted by Crippen LogP contribution is -2.14. The normalized spacial score (nSPS) is 13.9. The van der Waals surface area contributed by atoms with Crippen molar-refractivity contribution < 1.29 is 9.47 Å². The lowest BCUT2D eigenvalue weighted by molar-refractivity contribution is 0.173. The summed E-state index contributed by atoms with van der Waals surface area (Å²) in [6.07, 6.45) is 0.808. The molecule has 1 aliphatic rings. The Labute approximate surface area is 121 Å². The van der Waals surface area contributed by atoms with Crippen LogP contribution in [0, 0.1) is 0 Å². The molecule has 0 aromatic carbocycles. The first-order chi connectivity index (χ1) is 8.79. The minimum atomic E-state index is 0.588. The van der Waals surface area contributed by atoms with Crippen LogP contribution < -0.4 is 15.2 Å². The number of nitrogens with zero attached hydrogens (tertiary/aromatic N) is 1. The molecule has 0 radical (unpaired) electrons. The highest BCUT2D eigenvalue weighted by molar-refractivity contribution is 9.11. The van der Waals surface area contributed by atoms with E-state index in [1.54, 1.807) is 22.7 Å². The molecule has 2 aromatic heterocycles. The van der Waals surface area contributed by atoms with Crippen molar-refractivity contribution in [3.8, 4) is 21.4 Å². The van der Waals surface area contributed by atoms with Crippen molar-refractivity contribution in [2.45, 2.75) is 6.42 Å². The van der Waals surface area contributed by atoms with Crippen LogP contribution in [0.1, 0.15) is 5.69 Å². The fraction of sp³-hybridized carbons (Fsp3) is 0.364. The van der Waals surface area contributed by atoms with Gasteiger partial charge in [0.25, 0.3) is 0 Å². The Kier molecular flexibility index (Phi) is 3.56. The second-order valence-electron chi connectivity index (χ2n) is 3.74. The van der Waals surface area contributed by atoms with Crippen LogP contribution in [-0.4, -0.2) is 24.7 Å². The molecule has 96 valence electrons. The standard InChI is InChI=1S/C11H11BrN2O2S2/c12-10-8-7(15-3-4-16-8)9(18-10)11-14-6(1-2-13)5-17-11/h5H,1-4,13H2. The highest BCUT2D eigenvalue weighted by Gasteiger charge is 2.25. The lowest BCUT2D eigenvalue weighted by atomic mass is 10.3. The smallest absolute Gasteiger partial charge is 0.187 e. The Hall–Kier alpha value is -0.630. The molecule has 0 aliphatic carbocycles. The second-order valence-corrected chi connectivity index (χ2v) is 6.94. The minimum Gasteiger partial charge on any atom is -0.484 e. The largest absolute Gasteiger partial charge is 0.484 e. The summed E-state index contributed by atoms with van der Waals surface area (Å²) in [5.41, 5.74) is 6.57. The number of fused-ring (bicyclic) bond motifs is 1. The highest BCUT2D eigenvalue weighted by atomic mass is 79.9. The van der Waals surface area contributed by atoms with Gasteiger partial charge in [-0.05, 0) is 22.5 Å². The van der Waals surface area contributed by atoms with Crippen LogP contribution in [0.2, 0.25) is 0 Å². The Morgan fingerprint density at radius 1 is 1.33 bits per heavy atom. The third kappa shape index (κ3) is 2.16. The van der Waals surface area contributed by atoms with Gasteiger partial charge in [0, 0.05) is 11.8 Å². The third-order valence-electron chi connectivity index (χ3n) is 2.51. The van der Waals surface area contributed by atoms with Gasteiger partial charge in [-0.1, -0.05) is 0 Å². The molecule has 2 aromatic rings. The van der Waals surface area contributed by atoms with Crippen molar-refractivity contribution in [1.82, 2.24) is 4.98 Å². The predicted molar refractivity (Wildman–Crippen MR) is 76.9 cm³/mol. The molecular weight excluding hydrogens is 336 g/mol. The van der Waals surface area contributed by atoms with Gasteiger partial charge in [-0.15, -0.1) is 22.7 Å². The Balaban J connectivity index is 2.00. The van der Waals surface area contributed by atoms with Crippen LogP contribution in [0.3, 0.4) is 0 Å². The van der Waals surface area contributed by atoms with E-state index in [2.05, 4.69) is 20.9 Å². The average Bonchev–Trinajstić information content (AvgIpc) is 2.96. The maximum Gasteiger partial charge on any atom is 0.187 e. The van der Waals surface area contributed by atoms with Gasteiger partial charge in [-0.2, -0.15) is 0 Å². The zero-order valence-electron chi connectivity index (χ0n) is 9.44. The van der Waals surface area contributed by atoms with Crippen molar-refractivity contribution in [3.05, 3.63) is 14.9 Å². The zero-order valence-corrected chi connectivity index (χ0v) is 12.7. The molecule has 0 saturated heterocycles. The van der Waals surface area contributed by atoms with Gasteiger partial charge in [0.2, 0.25) is 0 Å². The van der Waals surface area contributed by atoms with Gasteiger partial charge in [0.05, 0.1) is 5.69 Å². The summed E-state index contributed by atoms with van der Waals surface area (Å²) in [7, 11) is 0. The number of ether oxygens (including phenoxy) is 2. The van der Waals surface area contributed by atoms with Crippen LogP contribution >= 0.6 is 38.6 Å². The second kappa shape index (κ2) is 5.16. The molecule has 1 aliphatic heterocycles. The number of aromatic nitrogens is 1. The van der Waals surface area contributed by atoms with Gasteiger partial charge in [-0.3, -0.25) is 0 Å². The molecular formula is C11H11BrN2O2S2. The Morgan fingerprint density at radius 3 is 2.89 bits per heavy atom. The van der Waals surface area contributed by atoms with Crippen LogP contribution in [-0.2, 0) is 6.42 Å². The maximum atomic E-state index is 5.70. The fourth-order valence-electron chi connectivity index (χ4n) is 1.73. The molecule has 2 N–H and O–H groups in total. The first-order valence-corrected chi connectivity index (χ1v) is 8.01. The van der Waals surface area contributed by atoms with Gasteiger partial charge in [0.15, 0.2) is 11.5 Å². The summed E-state index contributed by atoms with van der Waals surface area (Å²) >= 11 is 6.72. The summed E-state index contributed by atoms with van der Waals surface area (Å²) in [5.74, 6) is 1.61. The van der Waals surface area contributed by atoms with Gasteiger partial charge < -0.3 is 15.2 Å². The van der Waals surface area contributed by atoms with Crippen molar-refractivity contribution in [1.29, 1.82) is 0 Å². The van der Waals surface area contributed by atoms with Gasteiger partial charge >= 0.3 is 0 Å². The molecule has 0 atom stereocenters. The van der Waals surface area contributed by atoms with Gasteiger partial charge in [0.1, 0.15) is 26.9 Å². The first kappa shape index (κ1) is 12.4. The van der Waals surface area contributed by atoms with E-state index < -0.39 is 0 Å².